The third-order valence-corrected chi connectivity index (χ3v) is 22.0. The maximum absolute atomic E-state index is 16.3. The molecule has 122 heavy (non-hydrogen) atoms. The molecule has 650 valence electrons. The van der Waals surface area contributed by atoms with Crippen molar-refractivity contribution in [1.82, 2.24) is 58.4 Å². The van der Waals surface area contributed by atoms with Crippen LogP contribution in [-0.4, -0.2) is 203 Å². The molecule has 37 nitrogen and oxygen atoms in total. The van der Waals surface area contributed by atoms with Crippen molar-refractivity contribution in [3.8, 4) is 57.1 Å². The summed E-state index contributed by atoms with van der Waals surface area (Å²) in [7, 11) is 1.47. The van der Waals surface area contributed by atoms with Gasteiger partial charge in [-0.3, -0.25) is 53.6 Å². The number of halogens is 4. The summed E-state index contributed by atoms with van der Waals surface area (Å²) in [6.45, 7) is 7.44. The lowest BCUT2D eigenvalue weighted by molar-refractivity contribution is -0.334. The van der Waals surface area contributed by atoms with Gasteiger partial charge in [-0.25, -0.2) is 5.43 Å². The van der Waals surface area contributed by atoms with E-state index in [9.17, 15) is 65.1 Å². The monoisotopic (exact) mass is 1770 g/mol. The molecule has 0 aliphatic carbocycles. The summed E-state index contributed by atoms with van der Waals surface area (Å²) in [6, 6.07) is 5.99. The van der Waals surface area contributed by atoms with Crippen molar-refractivity contribution in [2.75, 3.05) is 25.5 Å². The summed E-state index contributed by atoms with van der Waals surface area (Å²) >= 11 is 26.8. The second-order valence-corrected chi connectivity index (χ2v) is 32.0. The van der Waals surface area contributed by atoms with Gasteiger partial charge in [0.15, 0.2) is 23.9 Å². The number of nitrogens with zero attached hydrogens (tertiary/aromatic N) is 1. The number of fused-ring (bicyclic) bond motifs is 15. The van der Waals surface area contributed by atoms with E-state index in [2.05, 4.69) is 63.7 Å². The molecule has 0 unspecified atom stereocenters. The summed E-state index contributed by atoms with van der Waals surface area (Å²) in [5, 5.41) is 130. The number of nitrogens with two attached hydrogens (primary N) is 1. The third kappa shape index (κ3) is 20.3. The van der Waals surface area contributed by atoms with Gasteiger partial charge < -0.3 is 128 Å². The number of rotatable bonds is 20. The number of phenols is 3. The molecule has 0 spiro atoms. The largest absolute Gasteiger partial charge is 0.508 e. The lowest BCUT2D eigenvalue weighted by Gasteiger charge is -2.48. The van der Waals surface area contributed by atoms with E-state index in [1.165, 1.54) is 62.8 Å². The van der Waals surface area contributed by atoms with Crippen LogP contribution in [0.1, 0.15) is 128 Å². The first kappa shape index (κ1) is 90.4. The predicted molar refractivity (Wildman–Crippen MR) is 435 cm³/mol. The number of aromatic hydroxyl groups is 3. The van der Waals surface area contributed by atoms with Crippen molar-refractivity contribution in [2.45, 2.75) is 170 Å². The second kappa shape index (κ2) is 38.3. The Kier molecular flexibility index (Phi) is 28.4. The Hall–Kier alpha value is -10.8. The fourth-order valence-corrected chi connectivity index (χ4v) is 15.7. The zero-order valence-electron chi connectivity index (χ0n) is 65.8. The number of anilines is 1. The number of carbonyl (C=O) groups excluding carboxylic acids is 9. The Morgan fingerprint density at radius 2 is 1.34 bits per heavy atom. The summed E-state index contributed by atoms with van der Waals surface area (Å²) in [6.07, 6.45) is -16.5. The number of carbonyl (C=O) groups is 9. The fraction of sp³-hybridized carbons (Fsp3) is 0.383. The molecule has 0 saturated carbocycles. The summed E-state index contributed by atoms with van der Waals surface area (Å²) in [4.78, 5) is 138. The summed E-state index contributed by atoms with van der Waals surface area (Å²) in [5.74, 6) is -15.6. The molecule has 6 aromatic carbocycles. The molecular formula is C81H89Cl4N13O24. The Morgan fingerprint density at radius 3 is 1.97 bits per heavy atom. The molecule has 1 aromatic heterocycles. The average molecular weight is 1770 g/mol. The van der Waals surface area contributed by atoms with E-state index in [1.54, 1.807) is 19.9 Å². The van der Waals surface area contributed by atoms with Gasteiger partial charge in [0.2, 0.25) is 53.4 Å². The lowest BCUT2D eigenvalue weighted by atomic mass is 9.84. The van der Waals surface area contributed by atoms with Crippen LogP contribution in [0.4, 0.5) is 5.69 Å². The fourth-order valence-electron chi connectivity index (χ4n) is 14.7. The van der Waals surface area contributed by atoms with Crippen LogP contribution in [0, 0.1) is 5.92 Å². The lowest BCUT2D eigenvalue weighted by Crippen LogP contribution is -2.65. The number of likely N-dealkylation sites (N-methyl/N-ethyl adjacent to an activating group) is 1. The number of primary amides is 1. The number of benzene rings is 6. The zero-order chi connectivity index (χ0) is 88.2. The smallest absolute Gasteiger partial charge is 0.261 e. The van der Waals surface area contributed by atoms with Gasteiger partial charge in [-0.2, -0.15) is 0 Å². The molecule has 2 fully saturated rings. The maximum atomic E-state index is 16.3. The molecule has 11 bridgehead atoms. The van der Waals surface area contributed by atoms with E-state index in [-0.39, 0.29) is 80.5 Å². The third-order valence-electron chi connectivity index (χ3n) is 21.0. The molecule has 41 heteroatoms. The van der Waals surface area contributed by atoms with Crippen LogP contribution in [0.3, 0.4) is 0 Å². The normalized spacial score (nSPS) is 26.3. The highest BCUT2D eigenvalue weighted by Gasteiger charge is 2.52. The van der Waals surface area contributed by atoms with E-state index in [1.807, 2.05) is 13.8 Å². The van der Waals surface area contributed by atoms with Crippen molar-refractivity contribution < 1.29 is 118 Å². The minimum Gasteiger partial charge on any atom is -0.508 e. The molecule has 18 atom stereocenters. The standard InChI is InChI=1S/C81H89Cl4N13O24/c1-7-90-98-79(116)62-45-24-43(100)25-51(102)59(45)44-16-35(8-11-50(44)101)60-75(112)97-64(78(115)95-62)66(105)37-10-13-53(47(85)18-37)119-55-20-38-19-54(118-52-12-9-36(17-46(52)84)65(104)63(96-73(110)48(87-6)14-32(2)3)77(114)92-49(26-57(86)103)74(111)93-61(38)76(113)94-60)69(55)122-80-70(68(107)67(106)56(31-99)120-80)121-58-27-81(5,71(108)33(4)117-58)89-29-34-15-39(30-88-28-34)72(109)91-42-22-40(82)21-41(83)23-42/h8-13,15-25,28,30,32-33,48-49,56,58,60-68,70-71,80,87,89-90,99-102,104-108H,7,14,26-27,29,31H2,1-6H3,(H2,86,103)(H,91,109)(H,92,114)(H,93,111)(H,94,113)(H,95,115)(H,96,110)(H,97,112)(H,98,116)/t33-,48+,49-,56+,58-,60+,61+,62+,63+,64-,65+,66+,67+,68-,70+,71+,80-,81-/m0/s1. The van der Waals surface area contributed by atoms with E-state index in [0.717, 1.165) is 60.7 Å². The number of phenolic OH excluding ortho intramolecular Hbond substituents is 3. The Bertz CT molecular complexity index is 5180. The summed E-state index contributed by atoms with van der Waals surface area (Å²) < 4.78 is 39.5. The maximum Gasteiger partial charge on any atom is 0.261 e. The molecule has 7 aromatic rings. The molecule has 7 aliphatic rings. The molecule has 9 amide bonds. The van der Waals surface area contributed by atoms with Crippen LogP contribution >= 0.6 is 46.4 Å². The number of hydrogen-bond donors (Lipinski definition) is 21. The number of ether oxygens (including phenoxy) is 6. The van der Waals surface area contributed by atoms with E-state index < -0.39 is 237 Å². The number of hydrogen-bond acceptors (Lipinski definition) is 28. The van der Waals surface area contributed by atoms with Crippen LogP contribution < -0.4 is 78.6 Å². The number of aliphatic hydroxyl groups excluding tert-OH is 6. The minimum atomic E-state index is -2.38. The highest BCUT2D eigenvalue weighted by atomic mass is 35.5. The predicted octanol–water partition coefficient (Wildman–Crippen LogP) is 3.45. The number of nitrogens with one attached hydrogen (secondary N) is 11. The van der Waals surface area contributed by atoms with Gasteiger partial charge in [0.1, 0.15) is 95.5 Å². The molecule has 8 heterocycles. The first-order valence-corrected chi connectivity index (χ1v) is 39.9. The van der Waals surface area contributed by atoms with Crippen LogP contribution in [-0.2, 0) is 59.1 Å². The van der Waals surface area contributed by atoms with Gasteiger partial charge in [0, 0.05) is 70.4 Å². The van der Waals surface area contributed by atoms with Crippen LogP contribution in [0.5, 0.6) is 46.0 Å². The van der Waals surface area contributed by atoms with E-state index in [0.29, 0.717) is 11.3 Å². The van der Waals surface area contributed by atoms with E-state index in [4.69, 9.17) is 80.6 Å². The van der Waals surface area contributed by atoms with Gasteiger partial charge in [-0.05, 0) is 145 Å². The number of amides is 9. The van der Waals surface area contributed by atoms with Crippen LogP contribution in [0.15, 0.2) is 116 Å². The van der Waals surface area contributed by atoms with Crippen molar-refractivity contribution in [3.05, 3.63) is 175 Å². The second-order valence-electron chi connectivity index (χ2n) is 30.4. The molecular weight excluding hydrogens is 1680 g/mol. The highest BCUT2D eigenvalue weighted by molar-refractivity contribution is 6.35. The Labute approximate surface area is 715 Å². The van der Waals surface area contributed by atoms with Crippen molar-refractivity contribution in [2.24, 2.45) is 11.7 Å². The van der Waals surface area contributed by atoms with Crippen molar-refractivity contribution in [1.29, 1.82) is 0 Å². The van der Waals surface area contributed by atoms with E-state index >= 15 is 24.0 Å². The number of hydrazine groups is 1. The molecule has 0 radical (unpaired) electrons. The molecule has 14 rings (SSSR count). The topological polar surface area (TPSA) is 562 Å². The van der Waals surface area contributed by atoms with Gasteiger partial charge in [-0.1, -0.05) is 85.4 Å². The van der Waals surface area contributed by atoms with Gasteiger partial charge in [-0.15, -0.1) is 0 Å². The highest BCUT2D eigenvalue weighted by Crippen LogP contribution is 2.50. The van der Waals surface area contributed by atoms with Crippen LogP contribution in [0.25, 0.3) is 11.1 Å². The van der Waals surface area contributed by atoms with Gasteiger partial charge in [0.25, 0.3) is 11.8 Å². The first-order chi connectivity index (χ1) is 57.9. The molecule has 22 N–H and O–H groups in total. The Morgan fingerprint density at radius 1 is 0.697 bits per heavy atom. The molecule has 2 saturated heterocycles. The van der Waals surface area contributed by atoms with Crippen molar-refractivity contribution in [3.63, 3.8) is 0 Å². The number of aliphatic hydroxyl groups is 6. The summed E-state index contributed by atoms with van der Waals surface area (Å²) in [5.41, 5.74) is 7.83. The van der Waals surface area contributed by atoms with Crippen LogP contribution in [0.2, 0.25) is 20.1 Å². The van der Waals surface area contributed by atoms with Gasteiger partial charge in [0.05, 0.1) is 46.9 Å². The quantitative estimate of drug-likeness (QED) is 0.0486. The molecule has 7 aliphatic heterocycles. The number of aromatic nitrogens is 1. The average Bonchev–Trinajstić information content (AvgIpc) is 0.777. The first-order valence-electron chi connectivity index (χ1n) is 38.4. The Balaban J connectivity index is 1.03. The number of pyridine rings is 1. The minimum absolute atomic E-state index is 0.0453. The van der Waals surface area contributed by atoms with Gasteiger partial charge >= 0.3 is 0 Å². The zero-order valence-corrected chi connectivity index (χ0v) is 68.8. The van der Waals surface area contributed by atoms with Crippen molar-refractivity contribution >= 4 is 105 Å². The SMILES string of the molecule is CCNNC(=O)[C@@H]1NC(=O)[C@H]2NC(=O)[C@H](NC(=O)[C@@H]3NC(=O)[C@H](CC(N)=O)NC(=O)[C@H](NC(=O)[C@@H](CC(C)C)NC)[C@H](O)c4ccc(c(Cl)c4)Oc4cc3cc(c4O[C@@H]3O[C@H](CO)[C@@H](O)[C@H](O)[C@H]3O[C@H]3C[C@](C)(NCc4cncc(C(=O)Nc5cc(Cl)cc(Cl)c5)c4)[C@H](O)[C@H](C)O3)Oc3ccc(cc3Cl)[C@H]2O)c2ccc(O)c(c2)-c2c(O)cc(O)cc21.